The van der Waals surface area contributed by atoms with Gasteiger partial charge in [-0.05, 0) is 50.2 Å². The highest BCUT2D eigenvalue weighted by Crippen LogP contribution is 2.26. The molecule has 4 heteroatoms. The minimum Gasteiger partial charge on any atom is -0.253 e. The highest BCUT2D eigenvalue weighted by Gasteiger charge is 2.25. The first-order valence-electron chi connectivity index (χ1n) is 9.12. The maximum atomic E-state index is 13.4. The van der Waals surface area contributed by atoms with Crippen molar-refractivity contribution in [3.8, 4) is 24.2 Å². The van der Waals surface area contributed by atoms with E-state index in [0.29, 0.717) is 11.3 Å². The first-order chi connectivity index (χ1) is 13.9. The molecule has 0 radical (unpaired) electrons. The Morgan fingerprint density at radius 2 is 1.45 bits per heavy atom. The summed E-state index contributed by atoms with van der Waals surface area (Å²) in [6.45, 7) is 3.90. The molecule has 0 aliphatic heterocycles. The van der Waals surface area contributed by atoms with Crippen LogP contribution in [0.25, 0.3) is 0 Å². The number of nitrogens with zero attached hydrogens (tertiary/aromatic N) is 1. The highest BCUT2D eigenvalue weighted by atomic mass is 32.2. The minimum absolute atomic E-state index is 0.0111. The van der Waals surface area contributed by atoms with Crippen molar-refractivity contribution >= 4 is 15.7 Å². The number of anilines is 1. The van der Waals surface area contributed by atoms with Crippen molar-refractivity contribution in [3.05, 3.63) is 95.1 Å². The SMILES string of the molecule is C#Cc1ccccc1N(CC#Cc1ccc(C)cc1)S(=O)(=O)c1ccc(C)cc1. The lowest BCUT2D eigenvalue weighted by atomic mass is 10.1. The second-order valence-corrected chi connectivity index (χ2v) is 8.52. The van der Waals surface area contributed by atoms with Crippen LogP contribution in [0.2, 0.25) is 0 Å². The Hall–Kier alpha value is -3.47. The first-order valence-corrected chi connectivity index (χ1v) is 10.6. The van der Waals surface area contributed by atoms with Crippen molar-refractivity contribution in [2.75, 3.05) is 10.8 Å². The Bertz CT molecular complexity index is 1210. The Morgan fingerprint density at radius 3 is 2.07 bits per heavy atom. The van der Waals surface area contributed by atoms with Gasteiger partial charge in [-0.1, -0.05) is 65.3 Å². The lowest BCUT2D eigenvalue weighted by Crippen LogP contribution is -2.32. The van der Waals surface area contributed by atoms with Gasteiger partial charge in [-0.2, -0.15) is 0 Å². The molecule has 0 N–H and O–H groups in total. The number of hydrogen-bond donors (Lipinski definition) is 0. The summed E-state index contributed by atoms with van der Waals surface area (Å²) in [5, 5.41) is 0. The molecular weight excluding hydrogens is 378 g/mol. The second-order valence-electron chi connectivity index (χ2n) is 6.65. The molecule has 3 rings (SSSR count). The highest BCUT2D eigenvalue weighted by molar-refractivity contribution is 7.92. The van der Waals surface area contributed by atoms with Crippen LogP contribution in [0.1, 0.15) is 22.3 Å². The monoisotopic (exact) mass is 399 g/mol. The van der Waals surface area contributed by atoms with E-state index in [1.54, 1.807) is 48.5 Å². The van der Waals surface area contributed by atoms with Crippen LogP contribution in [0.15, 0.2) is 77.7 Å². The third-order valence-electron chi connectivity index (χ3n) is 4.44. The molecule has 0 heterocycles. The largest absolute Gasteiger partial charge is 0.265 e. The molecule has 144 valence electrons. The molecule has 0 saturated carbocycles. The van der Waals surface area contributed by atoms with Crippen LogP contribution >= 0.6 is 0 Å². The van der Waals surface area contributed by atoms with Crippen molar-refractivity contribution in [1.29, 1.82) is 0 Å². The molecular formula is C25H21NO2S. The van der Waals surface area contributed by atoms with Crippen LogP contribution in [0.5, 0.6) is 0 Å². The quantitative estimate of drug-likeness (QED) is 0.605. The summed E-state index contributed by atoms with van der Waals surface area (Å²) < 4.78 is 28.0. The molecule has 3 aromatic rings. The van der Waals surface area contributed by atoms with E-state index in [9.17, 15) is 8.42 Å². The summed E-state index contributed by atoms with van der Waals surface area (Å²) in [5.74, 6) is 8.59. The molecule has 0 aliphatic rings. The normalized spacial score (nSPS) is 10.5. The van der Waals surface area contributed by atoms with Crippen LogP contribution in [0.4, 0.5) is 5.69 Å². The molecule has 0 aliphatic carbocycles. The molecule has 0 amide bonds. The smallest absolute Gasteiger partial charge is 0.253 e. The number of hydrogen-bond acceptors (Lipinski definition) is 2. The molecule has 29 heavy (non-hydrogen) atoms. The van der Waals surface area contributed by atoms with E-state index in [1.807, 2.05) is 38.1 Å². The summed E-state index contributed by atoms with van der Waals surface area (Å²) >= 11 is 0. The van der Waals surface area contributed by atoms with Crippen molar-refractivity contribution in [2.24, 2.45) is 0 Å². The Balaban J connectivity index is 2.04. The summed E-state index contributed by atoms with van der Waals surface area (Å²) in [5.41, 5.74) is 3.89. The van der Waals surface area contributed by atoms with E-state index >= 15 is 0 Å². The average Bonchev–Trinajstić information content (AvgIpc) is 2.73. The maximum Gasteiger partial charge on any atom is 0.265 e. The molecule has 0 spiro atoms. The zero-order chi connectivity index (χ0) is 20.9. The van der Waals surface area contributed by atoms with Crippen molar-refractivity contribution < 1.29 is 8.42 Å². The van der Waals surface area contributed by atoms with Crippen LogP contribution in [0.3, 0.4) is 0 Å². The average molecular weight is 400 g/mol. The van der Waals surface area contributed by atoms with Gasteiger partial charge in [0.25, 0.3) is 10.0 Å². The van der Waals surface area contributed by atoms with Gasteiger partial charge in [0, 0.05) is 11.1 Å². The summed E-state index contributed by atoms with van der Waals surface area (Å²) in [6.07, 6.45) is 5.62. The lowest BCUT2D eigenvalue weighted by molar-refractivity contribution is 0.593. The van der Waals surface area contributed by atoms with Crippen LogP contribution < -0.4 is 4.31 Å². The van der Waals surface area contributed by atoms with Crippen LogP contribution in [-0.4, -0.2) is 15.0 Å². The van der Waals surface area contributed by atoms with Gasteiger partial charge >= 0.3 is 0 Å². The third kappa shape index (κ3) is 4.69. The van der Waals surface area contributed by atoms with Gasteiger partial charge in [0.2, 0.25) is 0 Å². The van der Waals surface area contributed by atoms with E-state index in [0.717, 1.165) is 16.7 Å². The molecule has 0 atom stereocenters. The van der Waals surface area contributed by atoms with Gasteiger partial charge in [-0.25, -0.2) is 8.42 Å². The number of sulfonamides is 1. The summed E-state index contributed by atoms with van der Waals surface area (Å²) in [7, 11) is -3.83. The van der Waals surface area contributed by atoms with Gasteiger partial charge in [0.05, 0.1) is 17.1 Å². The first kappa shape index (κ1) is 20.3. The predicted octanol–water partition coefficient (Wildman–Crippen LogP) is 4.53. The van der Waals surface area contributed by atoms with E-state index in [1.165, 1.54) is 4.31 Å². The van der Waals surface area contributed by atoms with Crippen molar-refractivity contribution in [1.82, 2.24) is 0 Å². The topological polar surface area (TPSA) is 37.4 Å². The molecule has 3 nitrogen and oxygen atoms in total. The van der Waals surface area contributed by atoms with E-state index < -0.39 is 10.0 Å². The Labute approximate surface area is 173 Å². The minimum atomic E-state index is -3.83. The van der Waals surface area contributed by atoms with Gasteiger partial charge in [0.15, 0.2) is 0 Å². The fourth-order valence-electron chi connectivity index (χ4n) is 2.80. The zero-order valence-electron chi connectivity index (χ0n) is 16.4. The molecule has 0 saturated heterocycles. The number of para-hydroxylation sites is 1. The number of aryl methyl sites for hydroxylation is 2. The van der Waals surface area contributed by atoms with Gasteiger partial charge < -0.3 is 0 Å². The van der Waals surface area contributed by atoms with Crippen molar-refractivity contribution in [2.45, 2.75) is 18.7 Å². The fraction of sp³-hybridized carbons (Fsp3) is 0.120. The van der Waals surface area contributed by atoms with Gasteiger partial charge in [0.1, 0.15) is 0 Å². The Kier molecular flexibility index (Phi) is 6.07. The lowest BCUT2D eigenvalue weighted by Gasteiger charge is -2.23. The summed E-state index contributed by atoms with van der Waals surface area (Å²) in [6, 6.07) is 21.5. The number of rotatable bonds is 4. The van der Waals surface area contributed by atoms with Gasteiger partial charge in [-0.3, -0.25) is 4.31 Å². The fourth-order valence-corrected chi connectivity index (χ4v) is 4.19. The third-order valence-corrected chi connectivity index (χ3v) is 6.22. The van der Waals surface area contributed by atoms with Crippen LogP contribution in [0, 0.1) is 38.0 Å². The Morgan fingerprint density at radius 1 is 0.862 bits per heavy atom. The van der Waals surface area contributed by atoms with E-state index in [4.69, 9.17) is 6.42 Å². The molecule has 0 fully saturated rings. The molecule has 0 aromatic heterocycles. The van der Waals surface area contributed by atoms with E-state index in [-0.39, 0.29) is 11.4 Å². The standard InChI is InChI=1S/C25H21NO2S/c1-4-23-9-5-6-10-25(23)26(19-7-8-22-15-11-20(2)12-16-22)29(27,28)24-17-13-21(3)14-18-24/h1,5-6,9-18H,19H2,2-3H3. The summed E-state index contributed by atoms with van der Waals surface area (Å²) in [4.78, 5) is 0.201. The predicted molar refractivity (Wildman–Crippen MR) is 118 cm³/mol. The van der Waals surface area contributed by atoms with Crippen LogP contribution in [-0.2, 0) is 10.0 Å². The number of benzene rings is 3. The van der Waals surface area contributed by atoms with E-state index in [2.05, 4.69) is 17.8 Å². The number of terminal acetylenes is 1. The molecule has 3 aromatic carbocycles. The molecule has 0 bridgehead atoms. The zero-order valence-corrected chi connectivity index (χ0v) is 17.2. The maximum absolute atomic E-state index is 13.4. The van der Waals surface area contributed by atoms with Crippen molar-refractivity contribution in [3.63, 3.8) is 0 Å². The second kappa shape index (κ2) is 8.69. The molecule has 0 unspecified atom stereocenters. The van der Waals surface area contributed by atoms with Gasteiger partial charge in [-0.15, -0.1) is 6.42 Å².